The van der Waals surface area contributed by atoms with Crippen molar-refractivity contribution in [2.24, 2.45) is 0 Å². The molecule has 1 aliphatic heterocycles. The smallest absolute Gasteiger partial charge is 0.349 e. The van der Waals surface area contributed by atoms with Crippen LogP contribution in [-0.2, 0) is 0 Å². The van der Waals surface area contributed by atoms with Gasteiger partial charge in [0, 0.05) is 29.7 Å². The number of ether oxygens (including phenoxy) is 1. The maximum absolute atomic E-state index is 12.4. The van der Waals surface area contributed by atoms with E-state index in [4.69, 9.17) is 9.15 Å². The van der Waals surface area contributed by atoms with E-state index in [9.17, 15) is 14.4 Å². The van der Waals surface area contributed by atoms with Gasteiger partial charge in [-0.3, -0.25) is 9.69 Å². The second-order valence-electron chi connectivity index (χ2n) is 6.74. The number of anilines is 1. The summed E-state index contributed by atoms with van der Waals surface area (Å²) < 4.78 is 10.4. The Hall–Kier alpha value is -4.25. The molecule has 0 spiro atoms. The van der Waals surface area contributed by atoms with Crippen molar-refractivity contribution >= 4 is 28.6 Å². The summed E-state index contributed by atoms with van der Waals surface area (Å²) in [6.07, 6.45) is 0. The highest BCUT2D eigenvalue weighted by atomic mass is 16.5. The molecule has 4 rings (SSSR count). The Kier molecular flexibility index (Phi) is 5.58. The minimum atomic E-state index is -0.746. The van der Waals surface area contributed by atoms with Gasteiger partial charge in [0.05, 0.1) is 13.7 Å². The van der Waals surface area contributed by atoms with Crippen molar-refractivity contribution in [2.45, 2.75) is 0 Å². The Morgan fingerprint density at radius 3 is 2.74 bits per heavy atom. The molecule has 1 fully saturated rings. The molecule has 0 bridgehead atoms. The number of amides is 3. The second-order valence-corrected chi connectivity index (χ2v) is 6.74. The maximum Gasteiger partial charge on any atom is 0.349 e. The van der Waals surface area contributed by atoms with Crippen LogP contribution < -0.4 is 25.9 Å². The lowest BCUT2D eigenvalue weighted by molar-refractivity contribution is 0.0955. The molecule has 8 nitrogen and oxygen atoms in total. The van der Waals surface area contributed by atoms with Gasteiger partial charge in [-0.1, -0.05) is 24.0 Å². The van der Waals surface area contributed by atoms with E-state index in [0.29, 0.717) is 29.8 Å². The molecule has 1 saturated heterocycles. The van der Waals surface area contributed by atoms with E-state index in [-0.39, 0.29) is 18.1 Å². The molecule has 1 aromatic heterocycles. The van der Waals surface area contributed by atoms with E-state index < -0.39 is 11.5 Å². The molecule has 1 aliphatic rings. The van der Waals surface area contributed by atoms with E-state index in [1.165, 1.54) is 13.2 Å². The lowest BCUT2D eigenvalue weighted by Gasteiger charge is -2.13. The van der Waals surface area contributed by atoms with Crippen LogP contribution in [0.2, 0.25) is 0 Å². The molecule has 0 unspecified atom stereocenters. The van der Waals surface area contributed by atoms with E-state index in [0.717, 1.165) is 11.3 Å². The summed E-state index contributed by atoms with van der Waals surface area (Å²) in [5.74, 6) is 5.64. The standard InChI is InChI=1S/C23H19N3O5/c1-30-19-6-2-5-16-14-18(22(28)31-20(16)19)21(27)24-11-3-4-15-7-9-17(10-8-15)26-13-12-25-23(26)29/h2,5-10,14H,11-13H2,1H3,(H,24,27)(H,25,29). The predicted octanol–water partition coefficient (Wildman–Crippen LogP) is 2.11. The van der Waals surface area contributed by atoms with Crippen LogP contribution in [0.1, 0.15) is 15.9 Å². The zero-order chi connectivity index (χ0) is 21.8. The molecule has 156 valence electrons. The second kappa shape index (κ2) is 8.63. The van der Waals surface area contributed by atoms with Gasteiger partial charge in [0.25, 0.3) is 5.91 Å². The zero-order valence-corrected chi connectivity index (χ0v) is 16.7. The van der Waals surface area contributed by atoms with Gasteiger partial charge in [-0.25, -0.2) is 9.59 Å². The Bertz CT molecular complexity index is 1270. The van der Waals surface area contributed by atoms with Crippen molar-refractivity contribution in [3.05, 3.63) is 70.1 Å². The van der Waals surface area contributed by atoms with Crippen molar-refractivity contribution < 1.29 is 18.7 Å². The van der Waals surface area contributed by atoms with E-state index in [1.54, 1.807) is 35.2 Å². The fourth-order valence-electron chi connectivity index (χ4n) is 3.25. The van der Waals surface area contributed by atoms with Gasteiger partial charge in [-0.05, 0) is 36.4 Å². The van der Waals surface area contributed by atoms with Crippen LogP contribution in [0.4, 0.5) is 10.5 Å². The van der Waals surface area contributed by atoms with Crippen molar-refractivity contribution in [3.8, 4) is 17.6 Å². The molecular formula is C23H19N3O5. The number of methoxy groups -OCH3 is 1. The van der Waals surface area contributed by atoms with Gasteiger partial charge in [0.1, 0.15) is 5.56 Å². The van der Waals surface area contributed by atoms with Crippen molar-refractivity contribution in [3.63, 3.8) is 0 Å². The third kappa shape index (κ3) is 4.21. The third-order valence-electron chi connectivity index (χ3n) is 4.79. The Labute approximate surface area is 177 Å². The van der Waals surface area contributed by atoms with E-state index >= 15 is 0 Å². The maximum atomic E-state index is 12.4. The molecule has 2 heterocycles. The average molecular weight is 417 g/mol. The monoisotopic (exact) mass is 417 g/mol. The minimum Gasteiger partial charge on any atom is -0.493 e. The Morgan fingerprint density at radius 2 is 2.03 bits per heavy atom. The summed E-state index contributed by atoms with van der Waals surface area (Å²) in [6.45, 7) is 1.32. The number of rotatable bonds is 4. The molecule has 3 aromatic rings. The number of para-hydroxylation sites is 1. The minimum absolute atomic E-state index is 0.0602. The number of benzene rings is 2. The van der Waals surface area contributed by atoms with Gasteiger partial charge in [-0.15, -0.1) is 0 Å². The van der Waals surface area contributed by atoms with Crippen molar-refractivity contribution in [1.82, 2.24) is 10.6 Å². The number of carbonyl (C=O) groups is 2. The number of nitrogens with zero attached hydrogens (tertiary/aromatic N) is 1. The summed E-state index contributed by atoms with van der Waals surface area (Å²) in [4.78, 5) is 37.9. The normalized spacial score (nSPS) is 12.8. The van der Waals surface area contributed by atoms with Crippen LogP contribution in [0.5, 0.6) is 5.75 Å². The molecule has 0 atom stereocenters. The quantitative estimate of drug-likeness (QED) is 0.500. The lowest BCUT2D eigenvalue weighted by atomic mass is 10.1. The molecule has 0 aliphatic carbocycles. The number of nitrogens with one attached hydrogen (secondary N) is 2. The van der Waals surface area contributed by atoms with Crippen LogP contribution in [-0.4, -0.2) is 38.7 Å². The van der Waals surface area contributed by atoms with Crippen LogP contribution in [0, 0.1) is 11.8 Å². The van der Waals surface area contributed by atoms with Gasteiger partial charge in [0.15, 0.2) is 11.3 Å². The van der Waals surface area contributed by atoms with Crippen LogP contribution in [0.3, 0.4) is 0 Å². The summed E-state index contributed by atoms with van der Waals surface area (Å²) in [6, 6.07) is 13.8. The SMILES string of the molecule is COc1cccc2cc(C(=O)NCC#Cc3ccc(N4CCNC4=O)cc3)c(=O)oc12. The van der Waals surface area contributed by atoms with Crippen LogP contribution in [0.15, 0.2) is 57.7 Å². The van der Waals surface area contributed by atoms with Gasteiger partial charge >= 0.3 is 11.7 Å². The number of hydrogen-bond acceptors (Lipinski definition) is 5. The first-order valence-electron chi connectivity index (χ1n) is 9.60. The van der Waals surface area contributed by atoms with E-state index in [1.807, 2.05) is 12.1 Å². The molecule has 0 saturated carbocycles. The highest BCUT2D eigenvalue weighted by molar-refractivity contribution is 5.97. The topological polar surface area (TPSA) is 101 Å². The molecule has 3 amide bonds. The van der Waals surface area contributed by atoms with Crippen LogP contribution >= 0.6 is 0 Å². The first-order valence-corrected chi connectivity index (χ1v) is 9.60. The van der Waals surface area contributed by atoms with E-state index in [2.05, 4.69) is 22.5 Å². The highest BCUT2D eigenvalue weighted by Crippen LogP contribution is 2.24. The fourth-order valence-corrected chi connectivity index (χ4v) is 3.25. The predicted molar refractivity (Wildman–Crippen MR) is 115 cm³/mol. The number of urea groups is 1. The summed E-state index contributed by atoms with van der Waals surface area (Å²) >= 11 is 0. The summed E-state index contributed by atoms with van der Waals surface area (Å²) in [7, 11) is 1.48. The van der Waals surface area contributed by atoms with Crippen LogP contribution in [0.25, 0.3) is 11.0 Å². The first-order chi connectivity index (χ1) is 15.1. The van der Waals surface area contributed by atoms with Gasteiger partial charge in [0.2, 0.25) is 0 Å². The number of hydrogen-bond donors (Lipinski definition) is 2. The molecule has 2 aromatic carbocycles. The Balaban J connectivity index is 1.41. The molecule has 8 heteroatoms. The largest absolute Gasteiger partial charge is 0.493 e. The van der Waals surface area contributed by atoms with Gasteiger partial charge in [-0.2, -0.15) is 0 Å². The first kappa shape index (κ1) is 20.0. The molecule has 0 radical (unpaired) electrons. The lowest BCUT2D eigenvalue weighted by Crippen LogP contribution is -2.28. The average Bonchev–Trinajstić information content (AvgIpc) is 3.22. The highest BCUT2D eigenvalue weighted by Gasteiger charge is 2.20. The summed E-state index contributed by atoms with van der Waals surface area (Å²) in [5.41, 5.74) is 0.990. The molecule has 2 N–H and O–H groups in total. The zero-order valence-electron chi connectivity index (χ0n) is 16.7. The number of carbonyl (C=O) groups excluding carboxylic acids is 2. The molecular weight excluding hydrogens is 398 g/mol. The third-order valence-corrected chi connectivity index (χ3v) is 4.79. The fraction of sp³-hybridized carbons (Fsp3) is 0.174. The Morgan fingerprint density at radius 1 is 1.23 bits per heavy atom. The summed E-state index contributed by atoms with van der Waals surface area (Å²) in [5, 5.41) is 5.94. The van der Waals surface area contributed by atoms with Crippen molar-refractivity contribution in [2.75, 3.05) is 31.6 Å². The van der Waals surface area contributed by atoms with Gasteiger partial charge < -0.3 is 19.8 Å². The van der Waals surface area contributed by atoms with Crippen molar-refractivity contribution in [1.29, 1.82) is 0 Å². The number of fused-ring (bicyclic) bond motifs is 1. The molecule has 31 heavy (non-hydrogen) atoms.